The van der Waals surface area contributed by atoms with Crippen LogP contribution in [0, 0.1) is 0 Å². The van der Waals surface area contributed by atoms with Crippen LogP contribution in [0.15, 0.2) is 53.5 Å². The molecule has 0 atom stereocenters. The molecule has 0 saturated heterocycles. The predicted molar refractivity (Wildman–Crippen MR) is 81.9 cm³/mol. The topological polar surface area (TPSA) is 31.2 Å². The highest BCUT2D eigenvalue weighted by atomic mass is 16.5. The summed E-state index contributed by atoms with van der Waals surface area (Å²) in [7, 11) is 0. The molecule has 0 fully saturated rings. The first-order valence-electron chi connectivity index (χ1n) is 7.15. The number of rotatable bonds is 7. The van der Waals surface area contributed by atoms with Gasteiger partial charge < -0.3 is 9.30 Å². The molecular weight excluding hydrogens is 250 g/mol. The van der Waals surface area contributed by atoms with E-state index >= 15 is 0 Å². The van der Waals surface area contributed by atoms with Crippen molar-refractivity contribution in [1.29, 1.82) is 0 Å². The maximum atomic E-state index is 11.8. The van der Waals surface area contributed by atoms with Gasteiger partial charge in [0.05, 0.1) is 6.61 Å². The normalized spacial score (nSPS) is 10.7. The number of hydrogen-bond donors (Lipinski definition) is 0. The second-order valence-electron chi connectivity index (χ2n) is 4.78. The van der Waals surface area contributed by atoms with E-state index in [-0.39, 0.29) is 5.56 Å². The standard InChI is InChI=1S/C17H21NO2/c1-2-3-12-20-13-11-18-14-16(9-10-17(18)19)15-7-5-4-6-8-15/h4-10,14H,2-3,11-13H2,1H3. The van der Waals surface area contributed by atoms with Gasteiger partial charge in [-0.15, -0.1) is 0 Å². The minimum Gasteiger partial charge on any atom is -0.380 e. The number of pyridine rings is 1. The van der Waals surface area contributed by atoms with Crippen molar-refractivity contribution < 1.29 is 4.74 Å². The summed E-state index contributed by atoms with van der Waals surface area (Å²) < 4.78 is 7.24. The largest absolute Gasteiger partial charge is 0.380 e. The van der Waals surface area contributed by atoms with Crippen molar-refractivity contribution in [3.63, 3.8) is 0 Å². The van der Waals surface area contributed by atoms with E-state index in [1.54, 1.807) is 10.6 Å². The Morgan fingerprint density at radius 3 is 2.55 bits per heavy atom. The number of ether oxygens (including phenoxy) is 1. The van der Waals surface area contributed by atoms with Crippen LogP contribution in [0.1, 0.15) is 19.8 Å². The van der Waals surface area contributed by atoms with Crippen molar-refractivity contribution in [2.45, 2.75) is 26.3 Å². The van der Waals surface area contributed by atoms with Gasteiger partial charge in [0.15, 0.2) is 0 Å². The van der Waals surface area contributed by atoms with Gasteiger partial charge >= 0.3 is 0 Å². The van der Waals surface area contributed by atoms with Crippen molar-refractivity contribution >= 4 is 0 Å². The minimum atomic E-state index is 0.0174. The Bertz CT molecular complexity index is 575. The molecule has 0 radical (unpaired) electrons. The molecule has 2 aromatic rings. The lowest BCUT2D eigenvalue weighted by atomic mass is 10.1. The third kappa shape index (κ3) is 4.07. The van der Waals surface area contributed by atoms with Crippen LogP contribution in [0.4, 0.5) is 0 Å². The zero-order valence-corrected chi connectivity index (χ0v) is 11.9. The average molecular weight is 271 g/mol. The Hall–Kier alpha value is -1.87. The van der Waals surface area contributed by atoms with Gasteiger partial charge in [-0.1, -0.05) is 43.7 Å². The van der Waals surface area contributed by atoms with E-state index in [0.29, 0.717) is 13.2 Å². The van der Waals surface area contributed by atoms with E-state index in [2.05, 4.69) is 6.92 Å². The van der Waals surface area contributed by atoms with Crippen LogP contribution in [0.5, 0.6) is 0 Å². The summed E-state index contributed by atoms with van der Waals surface area (Å²) in [6.45, 7) is 4.09. The zero-order chi connectivity index (χ0) is 14.2. The van der Waals surface area contributed by atoms with Crippen molar-refractivity contribution in [3.05, 3.63) is 59.0 Å². The minimum absolute atomic E-state index is 0.0174. The molecule has 0 aliphatic heterocycles. The predicted octanol–water partition coefficient (Wildman–Crippen LogP) is 3.33. The monoisotopic (exact) mass is 271 g/mol. The Morgan fingerprint density at radius 1 is 1.00 bits per heavy atom. The molecule has 0 amide bonds. The Labute approximate surface area is 119 Å². The molecule has 0 saturated carbocycles. The van der Waals surface area contributed by atoms with Crippen LogP contribution in [-0.2, 0) is 11.3 Å². The molecule has 2 rings (SSSR count). The molecule has 3 nitrogen and oxygen atoms in total. The van der Waals surface area contributed by atoms with E-state index in [1.165, 1.54) is 0 Å². The molecule has 0 N–H and O–H groups in total. The SMILES string of the molecule is CCCCOCCn1cc(-c2ccccc2)ccc1=O. The highest BCUT2D eigenvalue weighted by Gasteiger charge is 2.01. The summed E-state index contributed by atoms with van der Waals surface area (Å²) in [6, 6.07) is 13.6. The Balaban J connectivity index is 2.04. The zero-order valence-electron chi connectivity index (χ0n) is 11.9. The first-order chi connectivity index (χ1) is 9.81. The molecule has 1 heterocycles. The van der Waals surface area contributed by atoms with Crippen LogP contribution in [0.25, 0.3) is 11.1 Å². The maximum absolute atomic E-state index is 11.8. The molecule has 0 aliphatic rings. The summed E-state index contributed by atoms with van der Waals surface area (Å²) >= 11 is 0. The maximum Gasteiger partial charge on any atom is 0.250 e. The van der Waals surface area contributed by atoms with Gasteiger partial charge in [-0.25, -0.2) is 0 Å². The fraction of sp³-hybridized carbons (Fsp3) is 0.353. The molecule has 1 aromatic heterocycles. The van der Waals surface area contributed by atoms with E-state index in [4.69, 9.17) is 4.74 Å². The highest BCUT2D eigenvalue weighted by molar-refractivity contribution is 5.61. The van der Waals surface area contributed by atoms with Crippen LogP contribution in [0.3, 0.4) is 0 Å². The van der Waals surface area contributed by atoms with Gasteiger partial charge in [-0.05, 0) is 23.6 Å². The summed E-state index contributed by atoms with van der Waals surface area (Å²) in [5.74, 6) is 0. The fourth-order valence-electron chi connectivity index (χ4n) is 2.02. The van der Waals surface area contributed by atoms with E-state index < -0.39 is 0 Å². The van der Waals surface area contributed by atoms with Gasteiger partial charge in [-0.3, -0.25) is 4.79 Å². The second-order valence-corrected chi connectivity index (χ2v) is 4.78. The molecule has 0 spiro atoms. The first-order valence-corrected chi connectivity index (χ1v) is 7.15. The third-order valence-corrected chi connectivity index (χ3v) is 3.21. The van der Waals surface area contributed by atoms with Gasteiger partial charge in [0.25, 0.3) is 5.56 Å². The summed E-state index contributed by atoms with van der Waals surface area (Å²) in [5.41, 5.74) is 2.19. The lowest BCUT2D eigenvalue weighted by Crippen LogP contribution is -2.21. The van der Waals surface area contributed by atoms with Crippen LogP contribution < -0.4 is 5.56 Å². The van der Waals surface area contributed by atoms with Crippen molar-refractivity contribution in [3.8, 4) is 11.1 Å². The van der Waals surface area contributed by atoms with E-state index in [0.717, 1.165) is 30.6 Å². The van der Waals surface area contributed by atoms with Crippen molar-refractivity contribution in [1.82, 2.24) is 4.57 Å². The van der Waals surface area contributed by atoms with E-state index in [1.807, 2.05) is 42.6 Å². The summed E-state index contributed by atoms with van der Waals surface area (Å²) in [4.78, 5) is 11.8. The van der Waals surface area contributed by atoms with Crippen molar-refractivity contribution in [2.24, 2.45) is 0 Å². The first kappa shape index (κ1) is 14.5. The highest BCUT2D eigenvalue weighted by Crippen LogP contribution is 2.16. The van der Waals surface area contributed by atoms with Gasteiger partial charge in [-0.2, -0.15) is 0 Å². The molecule has 1 aromatic carbocycles. The quantitative estimate of drug-likeness (QED) is 0.723. The summed E-state index contributed by atoms with van der Waals surface area (Å²) in [5, 5.41) is 0. The number of aromatic nitrogens is 1. The molecule has 106 valence electrons. The number of unbranched alkanes of at least 4 members (excludes halogenated alkanes) is 1. The second kappa shape index (κ2) is 7.65. The lowest BCUT2D eigenvalue weighted by molar-refractivity contribution is 0.123. The Kier molecular flexibility index (Phi) is 5.56. The Morgan fingerprint density at radius 2 is 1.80 bits per heavy atom. The van der Waals surface area contributed by atoms with Crippen LogP contribution in [0.2, 0.25) is 0 Å². The van der Waals surface area contributed by atoms with Crippen LogP contribution >= 0.6 is 0 Å². The van der Waals surface area contributed by atoms with Crippen molar-refractivity contribution in [2.75, 3.05) is 13.2 Å². The summed E-state index contributed by atoms with van der Waals surface area (Å²) in [6.07, 6.45) is 4.10. The van der Waals surface area contributed by atoms with Gasteiger partial charge in [0.1, 0.15) is 0 Å². The number of benzene rings is 1. The molecular formula is C17H21NO2. The number of nitrogens with zero attached hydrogens (tertiary/aromatic N) is 1. The van der Waals surface area contributed by atoms with Gasteiger partial charge in [0, 0.05) is 25.4 Å². The molecule has 20 heavy (non-hydrogen) atoms. The molecule has 0 aliphatic carbocycles. The molecule has 0 bridgehead atoms. The average Bonchev–Trinajstić information content (AvgIpc) is 2.49. The fourth-order valence-corrected chi connectivity index (χ4v) is 2.02. The van der Waals surface area contributed by atoms with E-state index in [9.17, 15) is 4.79 Å². The smallest absolute Gasteiger partial charge is 0.250 e. The van der Waals surface area contributed by atoms with Gasteiger partial charge in [0.2, 0.25) is 0 Å². The third-order valence-electron chi connectivity index (χ3n) is 3.21. The van der Waals surface area contributed by atoms with Crippen LogP contribution in [-0.4, -0.2) is 17.8 Å². The number of hydrogen-bond acceptors (Lipinski definition) is 2. The molecule has 3 heteroatoms. The molecule has 0 unspecified atom stereocenters. The lowest BCUT2D eigenvalue weighted by Gasteiger charge is -2.09.